The Kier molecular flexibility index (Phi) is 6.70. The third-order valence-corrected chi connectivity index (χ3v) is 7.76. The molecular formula is C18H20F2N2O5S2. The van der Waals surface area contributed by atoms with Gasteiger partial charge >= 0.3 is 6.61 Å². The molecule has 0 aliphatic carbocycles. The second-order valence-electron chi connectivity index (χ2n) is 6.29. The molecule has 2 aromatic rings. The van der Waals surface area contributed by atoms with Crippen molar-refractivity contribution in [1.82, 2.24) is 9.62 Å². The molecule has 1 saturated heterocycles. The normalized spacial score (nSPS) is 17.4. The summed E-state index contributed by atoms with van der Waals surface area (Å²) in [5.41, 5.74) is 0.514. The quantitative estimate of drug-likeness (QED) is 0.674. The van der Waals surface area contributed by atoms with Crippen molar-refractivity contribution in [2.75, 3.05) is 13.7 Å². The lowest BCUT2D eigenvalue weighted by Gasteiger charge is -2.22. The number of sulfonamides is 1. The molecule has 1 N–H and O–H groups in total. The number of nitrogens with zero attached hydrogens (tertiary/aromatic N) is 1. The van der Waals surface area contributed by atoms with Gasteiger partial charge in [0.15, 0.2) is 11.5 Å². The summed E-state index contributed by atoms with van der Waals surface area (Å²) >= 11 is 1.10. The summed E-state index contributed by atoms with van der Waals surface area (Å²) < 4.78 is 61.4. The molecule has 2 heterocycles. The highest BCUT2D eigenvalue weighted by atomic mass is 32.2. The van der Waals surface area contributed by atoms with Crippen molar-refractivity contribution < 1.29 is 31.5 Å². The number of halogens is 2. The van der Waals surface area contributed by atoms with E-state index in [1.54, 1.807) is 17.5 Å². The summed E-state index contributed by atoms with van der Waals surface area (Å²) in [6.07, 6.45) is 0.996. The van der Waals surface area contributed by atoms with Gasteiger partial charge in [-0.2, -0.15) is 13.1 Å². The van der Waals surface area contributed by atoms with E-state index in [9.17, 15) is 22.0 Å². The molecule has 0 radical (unpaired) electrons. The van der Waals surface area contributed by atoms with Crippen LogP contribution < -0.4 is 14.8 Å². The number of rotatable bonds is 8. The molecule has 0 spiro atoms. The van der Waals surface area contributed by atoms with Gasteiger partial charge in [-0.15, -0.1) is 11.3 Å². The molecule has 0 bridgehead atoms. The molecule has 1 unspecified atom stereocenters. The van der Waals surface area contributed by atoms with E-state index in [0.29, 0.717) is 18.4 Å². The van der Waals surface area contributed by atoms with Gasteiger partial charge in [-0.3, -0.25) is 4.79 Å². The number of hydrogen-bond donors (Lipinski definition) is 1. The van der Waals surface area contributed by atoms with Crippen LogP contribution in [0.4, 0.5) is 8.78 Å². The van der Waals surface area contributed by atoms with E-state index >= 15 is 0 Å². The highest BCUT2D eigenvalue weighted by Gasteiger charge is 2.39. The second-order valence-corrected chi connectivity index (χ2v) is 9.35. The molecule has 11 heteroatoms. The van der Waals surface area contributed by atoms with Gasteiger partial charge in [-0.1, -0.05) is 12.1 Å². The molecule has 3 rings (SSSR count). The van der Waals surface area contributed by atoms with E-state index in [4.69, 9.17) is 4.74 Å². The van der Waals surface area contributed by atoms with Gasteiger partial charge in [-0.05, 0) is 42.0 Å². The number of hydrogen-bond acceptors (Lipinski definition) is 6. The topological polar surface area (TPSA) is 84.9 Å². The van der Waals surface area contributed by atoms with Gasteiger partial charge in [0.2, 0.25) is 5.91 Å². The summed E-state index contributed by atoms with van der Waals surface area (Å²) in [6.45, 7) is -2.71. The zero-order chi connectivity index (χ0) is 21.0. The van der Waals surface area contributed by atoms with E-state index in [0.717, 1.165) is 11.3 Å². The van der Waals surface area contributed by atoms with E-state index in [1.807, 2.05) is 0 Å². The number of ether oxygens (including phenoxy) is 2. The smallest absolute Gasteiger partial charge is 0.387 e. The number of thiophene rings is 1. The van der Waals surface area contributed by atoms with Crippen LogP contribution in [0.3, 0.4) is 0 Å². The monoisotopic (exact) mass is 446 g/mol. The highest BCUT2D eigenvalue weighted by Crippen LogP contribution is 2.30. The first kappa shape index (κ1) is 21.5. The minimum absolute atomic E-state index is 0.0335. The third-order valence-electron chi connectivity index (χ3n) is 4.48. The van der Waals surface area contributed by atoms with Crippen molar-refractivity contribution in [3.05, 3.63) is 41.3 Å². The summed E-state index contributed by atoms with van der Waals surface area (Å²) in [6, 6.07) is 6.76. The predicted molar refractivity (Wildman–Crippen MR) is 103 cm³/mol. The molecule has 1 amide bonds. The van der Waals surface area contributed by atoms with Crippen LogP contribution in [0.25, 0.3) is 0 Å². The standard InChI is InChI=1S/C18H20F2N2O5S2/c1-26-14-7-6-12(10-15(14)27-18(19)20)11-21-17(23)13-4-2-8-22(13)29(24,25)16-5-3-9-28-16/h3,5-7,9-10,13,18H,2,4,8,11H2,1H3,(H,21,23). The molecule has 1 aromatic carbocycles. The molecule has 158 valence electrons. The van der Waals surface area contributed by atoms with Crippen LogP contribution in [0.2, 0.25) is 0 Å². The summed E-state index contributed by atoms with van der Waals surface area (Å²) in [7, 11) is -2.40. The molecular weight excluding hydrogens is 426 g/mol. The Morgan fingerprint density at radius 2 is 2.14 bits per heavy atom. The lowest BCUT2D eigenvalue weighted by molar-refractivity contribution is -0.124. The van der Waals surface area contributed by atoms with Crippen LogP contribution in [0.5, 0.6) is 11.5 Å². The zero-order valence-corrected chi connectivity index (χ0v) is 17.1. The van der Waals surface area contributed by atoms with Crippen molar-refractivity contribution in [2.24, 2.45) is 0 Å². The Hall–Kier alpha value is -2.24. The molecule has 1 aliphatic rings. The average Bonchev–Trinajstić information content (AvgIpc) is 3.38. The van der Waals surface area contributed by atoms with Crippen LogP contribution in [-0.2, 0) is 21.4 Å². The Balaban J connectivity index is 1.69. The number of nitrogens with one attached hydrogen (secondary N) is 1. The maximum Gasteiger partial charge on any atom is 0.387 e. The number of amides is 1. The summed E-state index contributed by atoms with van der Waals surface area (Å²) in [5.74, 6) is -0.434. The minimum Gasteiger partial charge on any atom is -0.493 e. The lowest BCUT2D eigenvalue weighted by atomic mass is 10.1. The maximum absolute atomic E-state index is 12.8. The molecule has 1 fully saturated rings. The van der Waals surface area contributed by atoms with Crippen LogP contribution in [0.1, 0.15) is 18.4 Å². The zero-order valence-electron chi connectivity index (χ0n) is 15.5. The van der Waals surface area contributed by atoms with E-state index in [2.05, 4.69) is 10.1 Å². The molecule has 1 aliphatic heterocycles. The van der Waals surface area contributed by atoms with Crippen LogP contribution in [0, 0.1) is 0 Å². The van der Waals surface area contributed by atoms with Crippen molar-refractivity contribution >= 4 is 27.3 Å². The van der Waals surface area contributed by atoms with Gasteiger partial charge < -0.3 is 14.8 Å². The average molecular weight is 446 g/mol. The molecule has 0 saturated carbocycles. The fraction of sp³-hybridized carbons (Fsp3) is 0.389. The predicted octanol–water partition coefficient (Wildman–Crippen LogP) is 2.83. The molecule has 1 atom stereocenters. The van der Waals surface area contributed by atoms with E-state index in [-0.39, 0.29) is 28.8 Å². The van der Waals surface area contributed by atoms with Gasteiger partial charge in [0, 0.05) is 13.1 Å². The van der Waals surface area contributed by atoms with Crippen LogP contribution >= 0.6 is 11.3 Å². The number of alkyl halides is 2. The van der Waals surface area contributed by atoms with Crippen molar-refractivity contribution in [3.63, 3.8) is 0 Å². The highest BCUT2D eigenvalue weighted by molar-refractivity contribution is 7.91. The van der Waals surface area contributed by atoms with Crippen molar-refractivity contribution in [1.29, 1.82) is 0 Å². The summed E-state index contributed by atoms with van der Waals surface area (Å²) in [5, 5.41) is 4.35. The Morgan fingerprint density at radius 1 is 1.34 bits per heavy atom. The van der Waals surface area contributed by atoms with E-state index < -0.39 is 28.6 Å². The van der Waals surface area contributed by atoms with Crippen LogP contribution in [0.15, 0.2) is 39.9 Å². The first-order valence-electron chi connectivity index (χ1n) is 8.77. The third kappa shape index (κ3) is 4.85. The number of benzene rings is 1. The van der Waals surface area contributed by atoms with Gasteiger partial charge in [0.1, 0.15) is 10.3 Å². The fourth-order valence-corrected chi connectivity index (χ4v) is 5.92. The number of methoxy groups -OCH3 is 1. The van der Waals surface area contributed by atoms with E-state index in [1.165, 1.54) is 29.6 Å². The Morgan fingerprint density at radius 3 is 2.79 bits per heavy atom. The Bertz CT molecular complexity index is 951. The lowest BCUT2D eigenvalue weighted by Crippen LogP contribution is -2.45. The van der Waals surface area contributed by atoms with Crippen LogP contribution in [-0.4, -0.2) is 44.9 Å². The summed E-state index contributed by atoms with van der Waals surface area (Å²) in [4.78, 5) is 12.6. The fourth-order valence-electron chi connectivity index (χ4n) is 3.14. The minimum atomic E-state index is -3.73. The first-order chi connectivity index (χ1) is 13.8. The van der Waals surface area contributed by atoms with Gasteiger partial charge in [-0.25, -0.2) is 8.42 Å². The maximum atomic E-state index is 12.8. The Labute approximate surface area is 171 Å². The van der Waals surface area contributed by atoms with Gasteiger partial charge in [0.25, 0.3) is 10.0 Å². The number of carbonyl (C=O) groups is 1. The van der Waals surface area contributed by atoms with Crippen molar-refractivity contribution in [2.45, 2.75) is 36.2 Å². The largest absolute Gasteiger partial charge is 0.493 e. The molecule has 7 nitrogen and oxygen atoms in total. The molecule has 1 aromatic heterocycles. The number of carbonyl (C=O) groups excluding carboxylic acids is 1. The second kappa shape index (κ2) is 9.06. The van der Waals surface area contributed by atoms with Gasteiger partial charge in [0.05, 0.1) is 7.11 Å². The van der Waals surface area contributed by atoms with Crippen molar-refractivity contribution in [3.8, 4) is 11.5 Å². The first-order valence-corrected chi connectivity index (χ1v) is 11.1. The SMILES string of the molecule is COc1ccc(CNC(=O)C2CCCN2S(=O)(=O)c2cccs2)cc1OC(F)F. The molecule has 29 heavy (non-hydrogen) atoms.